The zero-order valence-corrected chi connectivity index (χ0v) is 22.6. The lowest BCUT2D eigenvalue weighted by molar-refractivity contribution is -0.114. The Bertz CT molecular complexity index is 784. The maximum Gasteiger partial charge on any atom is 0.207 e. The van der Waals surface area contributed by atoms with Crippen LogP contribution in [0.5, 0.6) is 0 Å². The van der Waals surface area contributed by atoms with Crippen LogP contribution in [0.15, 0.2) is 11.1 Å². The van der Waals surface area contributed by atoms with E-state index in [4.69, 9.17) is 0 Å². The molecule has 0 saturated heterocycles. The van der Waals surface area contributed by atoms with Crippen molar-refractivity contribution < 1.29 is 9.90 Å². The maximum atomic E-state index is 12.1. The molecule has 0 aromatic heterocycles. The SMILES string of the molecule is CC(C)CCC[C@@H](C)[C@H]1CC[C@@]2(NC=O)C3=C(CC[C@]12C)[C@@]1(C)CC[C@H](O)C(C)(C)[C@@H]1CC3. The quantitative estimate of drug-likeness (QED) is 0.318. The average Bonchev–Trinajstić information content (AvgIpc) is 3.04. The van der Waals surface area contributed by atoms with Crippen molar-refractivity contribution in [3.8, 4) is 0 Å². The number of fused-ring (bicyclic) bond motifs is 4. The van der Waals surface area contributed by atoms with E-state index in [0.717, 1.165) is 44.4 Å². The van der Waals surface area contributed by atoms with Crippen LogP contribution in [0.3, 0.4) is 0 Å². The van der Waals surface area contributed by atoms with Crippen LogP contribution in [0, 0.1) is 39.9 Å². The highest BCUT2D eigenvalue weighted by atomic mass is 16.3. The summed E-state index contributed by atoms with van der Waals surface area (Å²) in [4.78, 5) is 12.1. The van der Waals surface area contributed by atoms with Crippen molar-refractivity contribution in [2.45, 2.75) is 131 Å². The van der Waals surface area contributed by atoms with Gasteiger partial charge in [0.05, 0.1) is 11.6 Å². The van der Waals surface area contributed by atoms with Gasteiger partial charge in [-0.05, 0) is 96.9 Å². The summed E-state index contributed by atoms with van der Waals surface area (Å²) in [6, 6.07) is 0. The molecule has 0 aromatic carbocycles. The second-order valence-corrected chi connectivity index (χ2v) is 13.9. The summed E-state index contributed by atoms with van der Waals surface area (Å²) in [5.41, 5.74) is 3.38. The molecule has 3 nitrogen and oxygen atoms in total. The molecule has 188 valence electrons. The minimum absolute atomic E-state index is 0.0410. The van der Waals surface area contributed by atoms with E-state index in [1.807, 2.05) is 0 Å². The van der Waals surface area contributed by atoms with Gasteiger partial charge in [-0.2, -0.15) is 0 Å². The standard InChI is InChI=1S/C30H51NO2/c1-20(2)9-8-10-21(3)22-14-18-30(31-19-32)24-11-12-25-27(4,5)26(33)15-16-28(25,6)23(24)13-17-29(22,30)7/h19-22,25-26,33H,8-18H2,1-7H3,(H,31,32)/t21-,22-,25+,26+,28-,29-,30-/m1/s1. The third kappa shape index (κ3) is 3.66. The Morgan fingerprint density at radius 1 is 0.970 bits per heavy atom. The summed E-state index contributed by atoms with van der Waals surface area (Å²) in [5, 5.41) is 14.4. The molecule has 2 fully saturated rings. The van der Waals surface area contributed by atoms with E-state index in [-0.39, 0.29) is 27.9 Å². The Morgan fingerprint density at radius 3 is 2.36 bits per heavy atom. The van der Waals surface area contributed by atoms with E-state index >= 15 is 0 Å². The molecule has 0 bridgehead atoms. The van der Waals surface area contributed by atoms with Gasteiger partial charge in [0.1, 0.15) is 0 Å². The van der Waals surface area contributed by atoms with Crippen LogP contribution in [-0.2, 0) is 4.79 Å². The lowest BCUT2D eigenvalue weighted by Crippen LogP contribution is -2.62. The largest absolute Gasteiger partial charge is 0.393 e. The maximum absolute atomic E-state index is 12.1. The highest BCUT2D eigenvalue weighted by molar-refractivity contribution is 5.54. The van der Waals surface area contributed by atoms with Crippen LogP contribution < -0.4 is 5.32 Å². The van der Waals surface area contributed by atoms with Gasteiger partial charge in [0.25, 0.3) is 0 Å². The molecule has 0 aromatic rings. The summed E-state index contributed by atoms with van der Waals surface area (Å²) in [5.74, 6) is 2.70. The van der Waals surface area contributed by atoms with Crippen molar-refractivity contribution in [3.63, 3.8) is 0 Å². The van der Waals surface area contributed by atoms with E-state index in [1.165, 1.54) is 38.5 Å². The minimum Gasteiger partial charge on any atom is -0.393 e. The lowest BCUT2D eigenvalue weighted by Gasteiger charge is -2.62. The molecule has 1 amide bonds. The predicted octanol–water partition coefficient (Wildman–Crippen LogP) is 7.04. The van der Waals surface area contributed by atoms with Crippen molar-refractivity contribution in [2.75, 3.05) is 0 Å². The Balaban J connectivity index is 1.70. The van der Waals surface area contributed by atoms with Crippen molar-refractivity contribution in [2.24, 2.45) is 39.9 Å². The van der Waals surface area contributed by atoms with Crippen molar-refractivity contribution in [1.29, 1.82) is 0 Å². The second kappa shape index (κ2) is 8.68. The Hall–Kier alpha value is -0.830. The summed E-state index contributed by atoms with van der Waals surface area (Å²) >= 11 is 0. The third-order valence-electron chi connectivity index (χ3n) is 11.7. The molecule has 0 unspecified atom stereocenters. The number of aliphatic hydroxyl groups is 1. The molecular formula is C30H51NO2. The Morgan fingerprint density at radius 2 is 1.70 bits per heavy atom. The smallest absolute Gasteiger partial charge is 0.207 e. The minimum atomic E-state index is -0.198. The lowest BCUT2D eigenvalue weighted by atomic mass is 9.44. The van der Waals surface area contributed by atoms with Gasteiger partial charge in [-0.25, -0.2) is 0 Å². The molecule has 2 N–H and O–H groups in total. The second-order valence-electron chi connectivity index (χ2n) is 13.9. The number of nitrogens with one attached hydrogen (secondary N) is 1. The molecule has 33 heavy (non-hydrogen) atoms. The number of rotatable bonds is 7. The van der Waals surface area contributed by atoms with Gasteiger partial charge in [0.2, 0.25) is 6.41 Å². The van der Waals surface area contributed by atoms with Gasteiger partial charge in [0, 0.05) is 0 Å². The predicted molar refractivity (Wildman–Crippen MR) is 137 cm³/mol. The molecule has 0 aliphatic heterocycles. The Labute approximate surface area is 203 Å². The normalized spacial score (nSPS) is 43.0. The molecule has 0 radical (unpaired) electrons. The summed E-state index contributed by atoms with van der Waals surface area (Å²) in [6.07, 6.45) is 13.7. The zero-order chi connectivity index (χ0) is 24.2. The zero-order valence-electron chi connectivity index (χ0n) is 22.6. The van der Waals surface area contributed by atoms with E-state index in [2.05, 4.69) is 53.8 Å². The molecular weight excluding hydrogens is 406 g/mol. The van der Waals surface area contributed by atoms with Crippen LogP contribution in [0.1, 0.15) is 119 Å². The van der Waals surface area contributed by atoms with E-state index in [1.54, 1.807) is 11.1 Å². The number of carbonyl (C=O) groups excluding carboxylic acids is 1. The van der Waals surface area contributed by atoms with Crippen LogP contribution >= 0.6 is 0 Å². The van der Waals surface area contributed by atoms with Crippen LogP contribution in [-0.4, -0.2) is 23.2 Å². The molecule has 0 heterocycles. The average molecular weight is 458 g/mol. The molecule has 7 atom stereocenters. The molecule has 0 spiro atoms. The van der Waals surface area contributed by atoms with E-state index in [9.17, 15) is 9.90 Å². The summed E-state index contributed by atoms with van der Waals surface area (Å²) in [6.45, 7) is 16.8. The molecule has 4 rings (SSSR count). The van der Waals surface area contributed by atoms with E-state index < -0.39 is 0 Å². The molecule has 4 aliphatic rings. The number of aliphatic hydroxyl groups excluding tert-OH is 1. The number of hydrogen-bond donors (Lipinski definition) is 2. The monoisotopic (exact) mass is 457 g/mol. The first-order valence-corrected chi connectivity index (χ1v) is 14.1. The topological polar surface area (TPSA) is 49.3 Å². The van der Waals surface area contributed by atoms with Crippen LogP contribution in [0.25, 0.3) is 0 Å². The van der Waals surface area contributed by atoms with Gasteiger partial charge >= 0.3 is 0 Å². The Kier molecular flexibility index (Phi) is 6.65. The number of hydrogen-bond acceptors (Lipinski definition) is 2. The van der Waals surface area contributed by atoms with Gasteiger partial charge in [-0.1, -0.05) is 73.3 Å². The van der Waals surface area contributed by atoms with Gasteiger partial charge in [-0.3, -0.25) is 4.79 Å². The highest BCUT2D eigenvalue weighted by Gasteiger charge is 2.65. The fourth-order valence-electron chi connectivity index (χ4n) is 9.74. The van der Waals surface area contributed by atoms with Gasteiger partial charge in [-0.15, -0.1) is 0 Å². The first-order valence-electron chi connectivity index (χ1n) is 14.1. The van der Waals surface area contributed by atoms with Crippen LogP contribution in [0.4, 0.5) is 0 Å². The number of allylic oxidation sites excluding steroid dienone is 1. The van der Waals surface area contributed by atoms with Crippen molar-refractivity contribution in [3.05, 3.63) is 11.1 Å². The molecule has 3 heteroatoms. The summed E-state index contributed by atoms with van der Waals surface area (Å²) in [7, 11) is 0. The fourth-order valence-corrected chi connectivity index (χ4v) is 9.74. The number of amides is 1. The number of carbonyl (C=O) groups is 1. The fraction of sp³-hybridized carbons (Fsp3) is 0.900. The molecule has 2 saturated carbocycles. The first-order chi connectivity index (χ1) is 15.4. The van der Waals surface area contributed by atoms with Crippen molar-refractivity contribution in [1.82, 2.24) is 5.32 Å². The van der Waals surface area contributed by atoms with Crippen LogP contribution in [0.2, 0.25) is 0 Å². The van der Waals surface area contributed by atoms with E-state index in [0.29, 0.717) is 17.8 Å². The third-order valence-corrected chi connectivity index (χ3v) is 11.7. The first kappa shape index (κ1) is 25.3. The molecule has 4 aliphatic carbocycles. The highest BCUT2D eigenvalue weighted by Crippen LogP contribution is 2.69. The van der Waals surface area contributed by atoms with Gasteiger partial charge in [0.15, 0.2) is 0 Å². The van der Waals surface area contributed by atoms with Crippen molar-refractivity contribution >= 4 is 6.41 Å². The summed E-state index contributed by atoms with van der Waals surface area (Å²) < 4.78 is 0. The van der Waals surface area contributed by atoms with Gasteiger partial charge < -0.3 is 10.4 Å².